The number of hydrogen-bond donors (Lipinski definition) is 1. The van der Waals surface area contributed by atoms with Crippen LogP contribution in [0.25, 0.3) is 0 Å². The van der Waals surface area contributed by atoms with Crippen LogP contribution in [0.2, 0.25) is 0 Å². The molecular weight excluding hydrogens is 170 g/mol. The molecule has 1 nitrogen and oxygen atoms in total. The van der Waals surface area contributed by atoms with Gasteiger partial charge in [-0.3, -0.25) is 0 Å². The Balaban J connectivity index is 3.37. The predicted octanol–water partition coefficient (Wildman–Crippen LogP) is 3.98. The minimum absolute atomic E-state index is 0.710. The summed E-state index contributed by atoms with van der Waals surface area (Å²) in [6.07, 6.45) is 8.06. The van der Waals surface area contributed by atoms with E-state index in [-0.39, 0.29) is 0 Å². The molecule has 1 unspecified atom stereocenters. The van der Waals surface area contributed by atoms with Gasteiger partial charge in [-0.25, -0.2) is 0 Å². The third-order valence-corrected chi connectivity index (χ3v) is 3.15. The first-order chi connectivity index (χ1) is 6.74. The molecule has 14 heavy (non-hydrogen) atoms. The molecule has 0 aromatic carbocycles. The molecule has 0 aliphatic carbocycles. The number of unbranched alkanes of at least 4 members (excludes halogenated alkanes) is 2. The molecule has 0 spiro atoms. The summed E-state index contributed by atoms with van der Waals surface area (Å²) < 4.78 is 0. The van der Waals surface area contributed by atoms with Crippen LogP contribution in [0.4, 0.5) is 0 Å². The maximum atomic E-state index is 3.64. The third kappa shape index (κ3) is 7.37. The van der Waals surface area contributed by atoms with Crippen molar-refractivity contribution in [2.24, 2.45) is 5.92 Å². The van der Waals surface area contributed by atoms with Crippen molar-refractivity contribution in [3.05, 3.63) is 0 Å². The highest BCUT2D eigenvalue weighted by molar-refractivity contribution is 4.64. The molecule has 86 valence electrons. The maximum Gasteiger partial charge on any atom is 0.00388 e. The monoisotopic (exact) mass is 199 g/mol. The summed E-state index contributed by atoms with van der Waals surface area (Å²) in [5.74, 6) is 0.878. The van der Waals surface area contributed by atoms with E-state index >= 15 is 0 Å². The summed E-state index contributed by atoms with van der Waals surface area (Å²) in [5.41, 5.74) is 0. The van der Waals surface area contributed by atoms with E-state index in [9.17, 15) is 0 Å². The minimum atomic E-state index is 0.710. The standard InChI is InChI=1S/C13H29N/c1-5-8-9-10-12(4)14-11-13(6-2)7-3/h12-14H,5-11H2,1-4H3. The first kappa shape index (κ1) is 14.0. The van der Waals surface area contributed by atoms with Crippen molar-refractivity contribution < 1.29 is 0 Å². The van der Waals surface area contributed by atoms with E-state index in [0.29, 0.717) is 6.04 Å². The van der Waals surface area contributed by atoms with Crippen LogP contribution < -0.4 is 5.32 Å². The molecule has 0 aromatic rings. The van der Waals surface area contributed by atoms with Crippen LogP contribution in [-0.4, -0.2) is 12.6 Å². The summed E-state index contributed by atoms with van der Waals surface area (Å²) in [6.45, 7) is 10.4. The zero-order valence-electron chi connectivity index (χ0n) is 10.6. The SMILES string of the molecule is CCCCCC(C)NCC(CC)CC. The Morgan fingerprint density at radius 3 is 2.14 bits per heavy atom. The van der Waals surface area contributed by atoms with Gasteiger partial charge in [0.15, 0.2) is 0 Å². The number of hydrogen-bond acceptors (Lipinski definition) is 1. The second-order valence-electron chi connectivity index (χ2n) is 4.49. The zero-order valence-corrected chi connectivity index (χ0v) is 10.6. The Bertz CT molecular complexity index is 108. The number of nitrogens with one attached hydrogen (secondary N) is 1. The molecule has 0 saturated carbocycles. The van der Waals surface area contributed by atoms with Gasteiger partial charge in [0, 0.05) is 6.04 Å². The molecule has 1 heteroatoms. The largest absolute Gasteiger partial charge is 0.314 e. The van der Waals surface area contributed by atoms with Gasteiger partial charge in [-0.15, -0.1) is 0 Å². The van der Waals surface area contributed by atoms with Gasteiger partial charge in [-0.2, -0.15) is 0 Å². The van der Waals surface area contributed by atoms with Crippen LogP contribution in [0.1, 0.15) is 66.2 Å². The second-order valence-corrected chi connectivity index (χ2v) is 4.49. The van der Waals surface area contributed by atoms with Crippen LogP contribution in [-0.2, 0) is 0 Å². The Hall–Kier alpha value is -0.0400. The molecule has 0 aromatic heterocycles. The van der Waals surface area contributed by atoms with Crippen molar-refractivity contribution in [1.29, 1.82) is 0 Å². The molecule has 0 heterocycles. The van der Waals surface area contributed by atoms with Crippen molar-refractivity contribution in [3.8, 4) is 0 Å². The van der Waals surface area contributed by atoms with E-state index in [1.165, 1.54) is 45.1 Å². The molecule has 0 rings (SSSR count). The molecule has 0 saturated heterocycles. The van der Waals surface area contributed by atoms with E-state index in [0.717, 1.165) is 5.92 Å². The minimum Gasteiger partial charge on any atom is -0.314 e. The summed E-state index contributed by atoms with van der Waals surface area (Å²) in [4.78, 5) is 0. The Labute approximate surface area is 90.7 Å². The van der Waals surface area contributed by atoms with Gasteiger partial charge in [0.05, 0.1) is 0 Å². The highest BCUT2D eigenvalue weighted by Gasteiger charge is 2.05. The van der Waals surface area contributed by atoms with Gasteiger partial charge in [-0.05, 0) is 25.8 Å². The van der Waals surface area contributed by atoms with Crippen LogP contribution in [0, 0.1) is 5.92 Å². The molecule has 0 radical (unpaired) electrons. The lowest BCUT2D eigenvalue weighted by Crippen LogP contribution is -2.30. The smallest absolute Gasteiger partial charge is 0.00388 e. The summed E-state index contributed by atoms with van der Waals surface area (Å²) >= 11 is 0. The Morgan fingerprint density at radius 1 is 1.00 bits per heavy atom. The topological polar surface area (TPSA) is 12.0 Å². The number of rotatable bonds is 9. The zero-order chi connectivity index (χ0) is 10.8. The molecule has 0 bridgehead atoms. The van der Waals surface area contributed by atoms with E-state index in [1.54, 1.807) is 0 Å². The molecule has 1 atom stereocenters. The Morgan fingerprint density at radius 2 is 1.64 bits per heavy atom. The maximum absolute atomic E-state index is 3.64. The lowest BCUT2D eigenvalue weighted by Gasteiger charge is -2.18. The van der Waals surface area contributed by atoms with Crippen molar-refractivity contribution in [2.45, 2.75) is 72.3 Å². The molecule has 1 N–H and O–H groups in total. The fourth-order valence-corrected chi connectivity index (χ4v) is 1.75. The molecule has 0 amide bonds. The lowest BCUT2D eigenvalue weighted by molar-refractivity contribution is 0.401. The van der Waals surface area contributed by atoms with Crippen LogP contribution >= 0.6 is 0 Å². The van der Waals surface area contributed by atoms with Gasteiger partial charge < -0.3 is 5.32 Å². The molecule has 0 aliphatic rings. The van der Waals surface area contributed by atoms with E-state index in [1.807, 2.05) is 0 Å². The van der Waals surface area contributed by atoms with Crippen LogP contribution in [0.15, 0.2) is 0 Å². The first-order valence-corrected chi connectivity index (χ1v) is 6.47. The highest BCUT2D eigenvalue weighted by Crippen LogP contribution is 2.07. The van der Waals surface area contributed by atoms with Crippen molar-refractivity contribution >= 4 is 0 Å². The summed E-state index contributed by atoms with van der Waals surface area (Å²) in [6, 6.07) is 0.710. The lowest BCUT2D eigenvalue weighted by atomic mass is 10.0. The molecule has 0 fully saturated rings. The summed E-state index contributed by atoms with van der Waals surface area (Å²) in [7, 11) is 0. The molecule has 0 aliphatic heterocycles. The van der Waals surface area contributed by atoms with Gasteiger partial charge in [0.25, 0.3) is 0 Å². The van der Waals surface area contributed by atoms with Gasteiger partial charge in [-0.1, -0.05) is 52.9 Å². The van der Waals surface area contributed by atoms with Gasteiger partial charge in [0.2, 0.25) is 0 Å². The normalized spacial score (nSPS) is 13.5. The fourth-order valence-electron chi connectivity index (χ4n) is 1.75. The second kappa shape index (κ2) is 9.51. The van der Waals surface area contributed by atoms with E-state index in [4.69, 9.17) is 0 Å². The average molecular weight is 199 g/mol. The summed E-state index contributed by atoms with van der Waals surface area (Å²) in [5, 5.41) is 3.64. The average Bonchev–Trinajstić information content (AvgIpc) is 2.20. The van der Waals surface area contributed by atoms with Crippen molar-refractivity contribution in [2.75, 3.05) is 6.54 Å². The van der Waals surface area contributed by atoms with Crippen LogP contribution in [0.5, 0.6) is 0 Å². The van der Waals surface area contributed by atoms with Crippen LogP contribution in [0.3, 0.4) is 0 Å². The first-order valence-electron chi connectivity index (χ1n) is 6.47. The van der Waals surface area contributed by atoms with E-state index < -0.39 is 0 Å². The third-order valence-electron chi connectivity index (χ3n) is 3.15. The van der Waals surface area contributed by atoms with Gasteiger partial charge >= 0.3 is 0 Å². The van der Waals surface area contributed by atoms with Gasteiger partial charge in [0.1, 0.15) is 0 Å². The van der Waals surface area contributed by atoms with Crippen molar-refractivity contribution in [3.63, 3.8) is 0 Å². The molecular formula is C13H29N. The predicted molar refractivity (Wildman–Crippen MR) is 65.7 cm³/mol. The highest BCUT2D eigenvalue weighted by atomic mass is 14.9. The quantitative estimate of drug-likeness (QED) is 0.554. The van der Waals surface area contributed by atoms with E-state index in [2.05, 4.69) is 33.0 Å². The van der Waals surface area contributed by atoms with Crippen molar-refractivity contribution in [1.82, 2.24) is 5.32 Å². The Kier molecular flexibility index (Phi) is 9.49. The fraction of sp³-hybridized carbons (Fsp3) is 1.00.